The van der Waals surface area contributed by atoms with Crippen molar-refractivity contribution in [2.45, 2.75) is 19.6 Å². The molecule has 0 unspecified atom stereocenters. The van der Waals surface area contributed by atoms with Crippen molar-refractivity contribution in [3.8, 4) is 17.2 Å². The summed E-state index contributed by atoms with van der Waals surface area (Å²) in [7, 11) is 4.74. The maximum absolute atomic E-state index is 5.70. The van der Waals surface area contributed by atoms with Crippen LogP contribution in [0.5, 0.6) is 17.2 Å². The van der Waals surface area contributed by atoms with Crippen LogP contribution in [-0.2, 0) is 19.6 Å². The molecular weight excluding hydrogens is 432 g/mol. The maximum atomic E-state index is 5.70. The maximum Gasteiger partial charge on any atom is 0.203 e. The van der Waals surface area contributed by atoms with E-state index < -0.39 is 0 Å². The van der Waals surface area contributed by atoms with E-state index in [-0.39, 0.29) is 0 Å². The molecule has 0 saturated carbocycles. The van der Waals surface area contributed by atoms with Gasteiger partial charge in [0.2, 0.25) is 5.75 Å². The molecule has 0 radical (unpaired) electrons. The zero-order valence-electron chi connectivity index (χ0n) is 19.7. The van der Waals surface area contributed by atoms with Crippen LogP contribution in [0.2, 0.25) is 0 Å². The summed E-state index contributed by atoms with van der Waals surface area (Å²) in [6.07, 6.45) is 5.25. The van der Waals surface area contributed by atoms with Gasteiger partial charge in [-0.1, -0.05) is 12.1 Å². The molecule has 0 aliphatic rings. The first kappa shape index (κ1) is 24.7. The number of hydrogen-bond donors (Lipinski definition) is 1. The van der Waals surface area contributed by atoms with Gasteiger partial charge >= 0.3 is 0 Å². The first-order valence-electron chi connectivity index (χ1n) is 10.7. The highest BCUT2D eigenvalue weighted by atomic mass is 16.5. The van der Waals surface area contributed by atoms with E-state index in [2.05, 4.69) is 25.0 Å². The van der Waals surface area contributed by atoms with Crippen molar-refractivity contribution in [2.75, 3.05) is 27.9 Å². The Bertz CT molecular complexity index is 1020. The molecule has 0 aliphatic heterocycles. The third-order valence-electron chi connectivity index (χ3n) is 5.01. The Hall–Kier alpha value is -3.98. The van der Waals surface area contributed by atoms with E-state index in [9.17, 15) is 0 Å². The van der Waals surface area contributed by atoms with Crippen molar-refractivity contribution in [3.63, 3.8) is 0 Å². The minimum absolute atomic E-state index is 0.399. The van der Waals surface area contributed by atoms with Gasteiger partial charge in [-0.05, 0) is 42.0 Å². The molecule has 1 aromatic carbocycles. The molecule has 0 fully saturated rings. The number of hydrogen-bond acceptors (Lipinski definition) is 9. The average Bonchev–Trinajstić information content (AvgIpc) is 2.88. The van der Waals surface area contributed by atoms with E-state index in [4.69, 9.17) is 20.1 Å². The third-order valence-corrected chi connectivity index (χ3v) is 5.01. The summed E-state index contributed by atoms with van der Waals surface area (Å²) in [5.74, 6) is 7.40. The summed E-state index contributed by atoms with van der Waals surface area (Å²) >= 11 is 0. The van der Waals surface area contributed by atoms with Crippen LogP contribution in [0, 0.1) is 0 Å². The van der Waals surface area contributed by atoms with Crippen LogP contribution in [0.3, 0.4) is 0 Å². The minimum atomic E-state index is 0.399. The zero-order valence-corrected chi connectivity index (χ0v) is 19.7. The van der Waals surface area contributed by atoms with Crippen LogP contribution in [0.4, 0.5) is 0 Å². The number of rotatable bonds is 12. The molecule has 3 rings (SSSR count). The second kappa shape index (κ2) is 12.9. The fourth-order valence-corrected chi connectivity index (χ4v) is 3.44. The van der Waals surface area contributed by atoms with Crippen molar-refractivity contribution in [3.05, 3.63) is 77.9 Å². The van der Waals surface area contributed by atoms with Gasteiger partial charge in [0.1, 0.15) is 0 Å². The minimum Gasteiger partial charge on any atom is -0.493 e. The lowest BCUT2D eigenvalue weighted by Crippen LogP contribution is -2.31. The van der Waals surface area contributed by atoms with Gasteiger partial charge in [0.25, 0.3) is 0 Å². The molecule has 2 N–H and O–H groups in total. The van der Waals surface area contributed by atoms with Crippen LogP contribution in [0.1, 0.15) is 17.0 Å². The van der Waals surface area contributed by atoms with Gasteiger partial charge < -0.3 is 20.1 Å². The van der Waals surface area contributed by atoms with Crippen molar-refractivity contribution < 1.29 is 14.2 Å². The first-order chi connectivity index (χ1) is 16.7. The third kappa shape index (κ3) is 7.01. The van der Waals surface area contributed by atoms with Crippen molar-refractivity contribution >= 4 is 11.9 Å². The van der Waals surface area contributed by atoms with Crippen molar-refractivity contribution in [1.82, 2.24) is 14.9 Å². The van der Waals surface area contributed by atoms with Gasteiger partial charge in [0.15, 0.2) is 11.5 Å². The quantitative estimate of drug-likeness (QED) is 0.250. The van der Waals surface area contributed by atoms with Crippen LogP contribution in [0.25, 0.3) is 0 Å². The summed E-state index contributed by atoms with van der Waals surface area (Å²) in [4.78, 5) is 15.6. The second-order valence-corrected chi connectivity index (χ2v) is 7.41. The molecule has 9 nitrogen and oxygen atoms in total. The zero-order chi connectivity index (χ0) is 24.2. The van der Waals surface area contributed by atoms with Gasteiger partial charge in [-0.2, -0.15) is 5.10 Å². The molecule has 0 saturated heterocycles. The Kier molecular flexibility index (Phi) is 9.36. The molecule has 0 bridgehead atoms. The SMILES string of the molecule is COc1cc(CN=CC(CN(Cc2ccccn2)Cc2ccccn2)=NN)cc(OC)c1OC. The highest BCUT2D eigenvalue weighted by molar-refractivity contribution is 6.31. The van der Waals surface area contributed by atoms with Crippen LogP contribution in [0.15, 0.2) is 71.0 Å². The number of nitrogens with zero attached hydrogens (tertiary/aromatic N) is 5. The molecule has 0 amide bonds. The predicted octanol–water partition coefficient (Wildman–Crippen LogP) is 3.09. The Labute approximate surface area is 199 Å². The summed E-state index contributed by atoms with van der Waals surface area (Å²) in [5.41, 5.74) is 3.44. The monoisotopic (exact) mass is 462 g/mol. The fourth-order valence-electron chi connectivity index (χ4n) is 3.44. The van der Waals surface area contributed by atoms with Crippen molar-refractivity contribution in [2.24, 2.45) is 15.9 Å². The Morgan fingerprint density at radius 3 is 1.94 bits per heavy atom. The lowest BCUT2D eigenvalue weighted by Gasteiger charge is -2.21. The molecule has 34 heavy (non-hydrogen) atoms. The molecule has 2 heterocycles. The van der Waals surface area contributed by atoms with Crippen LogP contribution < -0.4 is 20.1 Å². The molecule has 178 valence electrons. The van der Waals surface area contributed by atoms with E-state index in [1.807, 2.05) is 48.5 Å². The van der Waals surface area contributed by atoms with E-state index in [0.29, 0.717) is 49.1 Å². The molecule has 0 spiro atoms. The number of hydrazone groups is 1. The summed E-state index contributed by atoms with van der Waals surface area (Å²) in [6, 6.07) is 15.5. The normalized spacial score (nSPS) is 11.7. The van der Waals surface area contributed by atoms with Gasteiger partial charge in [-0.25, -0.2) is 0 Å². The summed E-state index contributed by atoms with van der Waals surface area (Å²) in [6.45, 7) is 2.13. The molecule has 0 aliphatic carbocycles. The Morgan fingerprint density at radius 2 is 1.50 bits per heavy atom. The van der Waals surface area contributed by atoms with E-state index >= 15 is 0 Å². The standard InChI is InChI=1S/C25H30N6O3/c1-32-23-12-19(13-24(33-2)25(23)34-3)14-27-15-22(30-26)18-31(16-20-8-4-6-10-28-20)17-21-9-5-7-11-29-21/h4-13,15H,14,16-18,26H2,1-3H3. The molecule has 2 aromatic heterocycles. The molecule has 0 atom stereocenters. The van der Waals surface area contributed by atoms with E-state index in [1.165, 1.54) is 0 Å². The van der Waals surface area contributed by atoms with Crippen molar-refractivity contribution in [1.29, 1.82) is 0 Å². The number of ether oxygens (including phenoxy) is 3. The Morgan fingerprint density at radius 1 is 0.912 bits per heavy atom. The molecule has 9 heteroatoms. The molecular formula is C25H30N6O3. The number of pyridine rings is 2. The van der Waals surface area contributed by atoms with E-state index in [1.54, 1.807) is 39.9 Å². The number of aliphatic imine (C=N–C) groups is 1. The first-order valence-corrected chi connectivity index (χ1v) is 10.7. The number of nitrogens with two attached hydrogens (primary N) is 1. The average molecular weight is 463 g/mol. The summed E-state index contributed by atoms with van der Waals surface area (Å²) < 4.78 is 16.2. The smallest absolute Gasteiger partial charge is 0.203 e. The lowest BCUT2D eigenvalue weighted by atomic mass is 10.2. The highest BCUT2D eigenvalue weighted by Gasteiger charge is 2.14. The van der Waals surface area contributed by atoms with Gasteiger partial charge in [0.05, 0.1) is 45.0 Å². The van der Waals surface area contributed by atoms with Gasteiger partial charge in [-0.3, -0.25) is 19.9 Å². The van der Waals surface area contributed by atoms with Crippen LogP contribution in [-0.4, -0.2) is 54.7 Å². The number of aromatic nitrogens is 2. The number of benzene rings is 1. The predicted molar refractivity (Wildman–Crippen MR) is 133 cm³/mol. The number of methoxy groups -OCH3 is 3. The largest absolute Gasteiger partial charge is 0.493 e. The second-order valence-electron chi connectivity index (χ2n) is 7.41. The highest BCUT2D eigenvalue weighted by Crippen LogP contribution is 2.38. The lowest BCUT2D eigenvalue weighted by molar-refractivity contribution is 0.288. The Balaban J connectivity index is 1.72. The summed E-state index contributed by atoms with van der Waals surface area (Å²) in [5, 5.41) is 3.95. The van der Waals surface area contributed by atoms with Gasteiger partial charge in [0, 0.05) is 38.2 Å². The fraction of sp³-hybridized carbons (Fsp3) is 0.280. The molecule has 3 aromatic rings. The van der Waals surface area contributed by atoms with Crippen LogP contribution >= 0.6 is 0 Å². The van der Waals surface area contributed by atoms with Gasteiger partial charge in [-0.15, -0.1) is 0 Å². The topological polar surface area (TPSA) is 107 Å². The van der Waals surface area contributed by atoms with E-state index in [0.717, 1.165) is 17.0 Å².